The highest BCUT2D eigenvalue weighted by Crippen LogP contribution is 2.44. The predicted molar refractivity (Wildman–Crippen MR) is 142 cm³/mol. The Kier molecular flexibility index (Phi) is 7.02. The van der Waals surface area contributed by atoms with Crippen LogP contribution in [0, 0.1) is 12.7 Å². The first-order valence-corrected chi connectivity index (χ1v) is 13.7. The highest BCUT2D eigenvalue weighted by atomic mass is 79.9. The maximum atomic E-state index is 14.1. The number of ether oxygens (including phenoxy) is 1. The van der Waals surface area contributed by atoms with Gasteiger partial charge in [-0.1, -0.05) is 28.9 Å². The normalized spacial score (nSPS) is 25.3. The molecule has 0 unspecified atom stereocenters. The van der Waals surface area contributed by atoms with Crippen molar-refractivity contribution in [3.05, 3.63) is 75.1 Å². The SMILES string of the molecule is Cc1nc([C@@H]2O[C@H](CO)[C@H](O)[C@H](n3cc(-c4ccc(Br)c(F)c4)nn3)[C@H]2O)n(-c2cc(Cl)ccc2C2CC2)n1. The van der Waals surface area contributed by atoms with Crippen molar-refractivity contribution < 1.29 is 24.4 Å². The number of hydrogen-bond donors (Lipinski definition) is 3. The molecule has 204 valence electrons. The predicted octanol–water partition coefficient (Wildman–Crippen LogP) is 3.66. The van der Waals surface area contributed by atoms with Gasteiger partial charge in [0, 0.05) is 10.6 Å². The van der Waals surface area contributed by atoms with Crippen molar-refractivity contribution in [2.75, 3.05) is 6.61 Å². The highest BCUT2D eigenvalue weighted by molar-refractivity contribution is 9.10. The molecule has 10 nitrogen and oxygen atoms in total. The van der Waals surface area contributed by atoms with Crippen LogP contribution in [-0.4, -0.2) is 70.0 Å². The third-order valence-electron chi connectivity index (χ3n) is 7.15. The molecule has 5 atom stereocenters. The lowest BCUT2D eigenvalue weighted by Crippen LogP contribution is -2.53. The van der Waals surface area contributed by atoms with Gasteiger partial charge in [-0.25, -0.2) is 18.7 Å². The van der Waals surface area contributed by atoms with Crippen LogP contribution in [0.25, 0.3) is 16.9 Å². The summed E-state index contributed by atoms with van der Waals surface area (Å²) in [4.78, 5) is 4.57. The van der Waals surface area contributed by atoms with Crippen LogP contribution in [-0.2, 0) is 4.74 Å². The molecule has 2 aliphatic rings. The zero-order valence-electron chi connectivity index (χ0n) is 20.7. The van der Waals surface area contributed by atoms with Gasteiger partial charge in [-0.05, 0) is 71.4 Å². The Labute approximate surface area is 236 Å². The van der Waals surface area contributed by atoms with Crippen LogP contribution in [0.3, 0.4) is 0 Å². The highest BCUT2D eigenvalue weighted by Gasteiger charge is 2.48. The fourth-order valence-electron chi connectivity index (χ4n) is 5.07. The van der Waals surface area contributed by atoms with E-state index in [9.17, 15) is 19.7 Å². The van der Waals surface area contributed by atoms with Crippen molar-refractivity contribution in [1.29, 1.82) is 0 Å². The third-order valence-corrected chi connectivity index (χ3v) is 8.03. The van der Waals surface area contributed by atoms with Gasteiger partial charge < -0.3 is 20.1 Å². The molecule has 2 fully saturated rings. The lowest BCUT2D eigenvalue weighted by Gasteiger charge is -2.41. The van der Waals surface area contributed by atoms with E-state index in [1.165, 1.54) is 16.9 Å². The third kappa shape index (κ3) is 4.90. The molecular formula is C26H25BrClFN6O4. The van der Waals surface area contributed by atoms with Gasteiger partial charge in [0.05, 0.1) is 23.0 Å². The molecule has 0 radical (unpaired) electrons. The van der Waals surface area contributed by atoms with Crippen molar-refractivity contribution in [2.24, 2.45) is 0 Å². The zero-order chi connectivity index (χ0) is 27.4. The van der Waals surface area contributed by atoms with Crippen LogP contribution in [0.1, 0.15) is 48.1 Å². The number of aliphatic hydroxyl groups is 3. The van der Waals surface area contributed by atoms with Gasteiger partial charge in [-0.15, -0.1) is 5.10 Å². The number of nitrogens with zero attached hydrogens (tertiary/aromatic N) is 6. The van der Waals surface area contributed by atoms with Crippen molar-refractivity contribution in [3.63, 3.8) is 0 Å². The molecule has 0 bridgehead atoms. The van der Waals surface area contributed by atoms with Crippen LogP contribution in [0.5, 0.6) is 0 Å². The quantitative estimate of drug-likeness (QED) is 0.298. The molecule has 1 saturated carbocycles. The zero-order valence-corrected chi connectivity index (χ0v) is 23.0. The summed E-state index contributed by atoms with van der Waals surface area (Å²) >= 11 is 9.48. The lowest BCUT2D eigenvalue weighted by atomic mass is 9.92. The van der Waals surface area contributed by atoms with Gasteiger partial charge in [-0.2, -0.15) is 5.10 Å². The maximum absolute atomic E-state index is 14.1. The second-order valence-electron chi connectivity index (χ2n) is 9.87. The van der Waals surface area contributed by atoms with Crippen LogP contribution >= 0.6 is 27.5 Å². The molecule has 0 spiro atoms. The number of aryl methyl sites for hydroxylation is 1. The van der Waals surface area contributed by atoms with Crippen molar-refractivity contribution in [2.45, 2.75) is 56.1 Å². The summed E-state index contributed by atoms with van der Waals surface area (Å²) < 4.78 is 23.4. The molecule has 6 rings (SSSR count). The van der Waals surface area contributed by atoms with E-state index in [4.69, 9.17) is 16.3 Å². The second kappa shape index (κ2) is 10.3. The summed E-state index contributed by atoms with van der Waals surface area (Å²) in [7, 11) is 0. The van der Waals surface area contributed by atoms with Gasteiger partial charge in [0.2, 0.25) is 0 Å². The van der Waals surface area contributed by atoms with E-state index >= 15 is 0 Å². The van der Waals surface area contributed by atoms with Crippen molar-refractivity contribution in [1.82, 2.24) is 29.8 Å². The Morgan fingerprint density at radius 1 is 1.15 bits per heavy atom. The van der Waals surface area contributed by atoms with E-state index in [1.54, 1.807) is 29.8 Å². The second-order valence-corrected chi connectivity index (χ2v) is 11.2. The Bertz CT molecular complexity index is 1530. The molecule has 3 heterocycles. The Morgan fingerprint density at radius 3 is 2.67 bits per heavy atom. The first-order chi connectivity index (χ1) is 18.7. The minimum absolute atomic E-state index is 0.301. The average molecular weight is 620 g/mol. The molecule has 3 N–H and O–H groups in total. The van der Waals surface area contributed by atoms with Crippen molar-refractivity contribution in [3.8, 4) is 16.9 Å². The number of hydrogen-bond acceptors (Lipinski definition) is 8. The summed E-state index contributed by atoms with van der Waals surface area (Å²) in [6.07, 6.45) is -1.22. The van der Waals surface area contributed by atoms with E-state index in [0.29, 0.717) is 38.3 Å². The number of benzene rings is 2. The molecule has 13 heteroatoms. The van der Waals surface area contributed by atoms with E-state index in [1.807, 2.05) is 12.1 Å². The van der Waals surface area contributed by atoms with Crippen LogP contribution in [0.2, 0.25) is 5.02 Å². The smallest absolute Gasteiger partial charge is 0.164 e. The molecule has 1 aliphatic heterocycles. The minimum Gasteiger partial charge on any atom is -0.394 e. The van der Waals surface area contributed by atoms with Crippen LogP contribution in [0.4, 0.5) is 4.39 Å². The van der Waals surface area contributed by atoms with E-state index in [0.717, 1.165) is 24.1 Å². The molecule has 1 saturated heterocycles. The average Bonchev–Trinajstić information content (AvgIpc) is 3.51. The summed E-state index contributed by atoms with van der Waals surface area (Å²) in [6.45, 7) is 1.21. The number of aromatic nitrogens is 6. The molecule has 2 aromatic carbocycles. The van der Waals surface area contributed by atoms with Gasteiger partial charge in [0.25, 0.3) is 0 Å². The summed E-state index contributed by atoms with van der Waals surface area (Å²) in [6, 6.07) is 9.09. The fraction of sp³-hybridized carbons (Fsp3) is 0.385. The van der Waals surface area contributed by atoms with Gasteiger partial charge in [-0.3, -0.25) is 0 Å². The largest absolute Gasteiger partial charge is 0.394 e. The molecule has 39 heavy (non-hydrogen) atoms. The van der Waals surface area contributed by atoms with Crippen LogP contribution in [0.15, 0.2) is 47.1 Å². The monoisotopic (exact) mass is 618 g/mol. The van der Waals surface area contributed by atoms with Crippen LogP contribution < -0.4 is 0 Å². The molecular weight excluding hydrogens is 595 g/mol. The van der Waals surface area contributed by atoms with E-state index in [-0.39, 0.29) is 0 Å². The molecule has 0 amide bonds. The molecule has 2 aromatic heterocycles. The topological polar surface area (TPSA) is 131 Å². The first kappa shape index (κ1) is 26.5. The maximum Gasteiger partial charge on any atom is 0.164 e. The summed E-state index contributed by atoms with van der Waals surface area (Å²) in [5.41, 5.74) is 2.61. The van der Waals surface area contributed by atoms with Gasteiger partial charge >= 0.3 is 0 Å². The summed E-state index contributed by atoms with van der Waals surface area (Å²) in [5, 5.41) is 46.1. The molecule has 1 aliphatic carbocycles. The first-order valence-electron chi connectivity index (χ1n) is 12.5. The standard InChI is InChI=1S/C26H25BrClFN6O4/c1-12-30-26(35(32-12)20-9-15(28)5-6-16(20)13-2-3-13)25-24(38)22(23(37)21(11-36)39-25)34-10-19(31-33-34)14-4-7-17(27)18(29)8-14/h4-10,13,21-25,36-38H,2-3,11H2,1H3/t21-,22+,23+,24-,25-/m1/s1. The number of halogens is 3. The lowest BCUT2D eigenvalue weighted by molar-refractivity contribution is -0.210. The fourth-order valence-corrected chi connectivity index (χ4v) is 5.48. The Hall–Kier alpha value is -2.74. The Balaban J connectivity index is 1.39. The minimum atomic E-state index is -1.36. The Morgan fingerprint density at radius 2 is 1.95 bits per heavy atom. The number of rotatable bonds is 6. The van der Waals surface area contributed by atoms with Crippen molar-refractivity contribution >= 4 is 27.5 Å². The van der Waals surface area contributed by atoms with Gasteiger partial charge in [0.15, 0.2) is 5.82 Å². The molecule has 4 aromatic rings. The summed E-state index contributed by atoms with van der Waals surface area (Å²) in [5.74, 6) is 0.666. The van der Waals surface area contributed by atoms with E-state index in [2.05, 4.69) is 36.3 Å². The van der Waals surface area contributed by atoms with Gasteiger partial charge in [0.1, 0.15) is 47.8 Å². The number of aliphatic hydroxyl groups excluding tert-OH is 3. The van der Waals surface area contributed by atoms with E-state index < -0.39 is 42.9 Å².